The Hall–Kier alpha value is -1.65. The first-order valence-corrected chi connectivity index (χ1v) is 8.22. The Kier molecular flexibility index (Phi) is 6.81. The van der Waals surface area contributed by atoms with Crippen molar-refractivity contribution in [1.82, 2.24) is 21.5 Å². The highest BCUT2D eigenvalue weighted by Crippen LogP contribution is 2.13. The maximum Gasteiger partial charge on any atom is 0.287 e. The van der Waals surface area contributed by atoms with E-state index in [9.17, 15) is 9.59 Å². The third kappa shape index (κ3) is 6.16. The molecule has 0 spiro atoms. The van der Waals surface area contributed by atoms with Crippen molar-refractivity contribution in [3.63, 3.8) is 0 Å². The molecule has 0 saturated carbocycles. The van der Waals surface area contributed by atoms with Crippen LogP contribution in [0, 0.1) is 0 Å². The molecular weight excluding hydrogens is 388 g/mol. The standard InChI is InChI=1S/C13H17BrN4O4S/c14-10-4-3-9(22-10)12(20)15-7-11(19)17-18-13(23)16-6-8-2-1-5-21-8/h3-4,8H,1-2,5-7H2,(H,15,20)(H,17,19)(H2,16,18,23)/t8-/m0/s1. The summed E-state index contributed by atoms with van der Waals surface area (Å²) in [7, 11) is 0. The van der Waals surface area contributed by atoms with Crippen LogP contribution in [0.1, 0.15) is 23.4 Å². The van der Waals surface area contributed by atoms with Crippen molar-refractivity contribution in [3.05, 3.63) is 22.6 Å². The fourth-order valence-corrected chi connectivity index (χ4v) is 2.35. The largest absolute Gasteiger partial charge is 0.444 e. The summed E-state index contributed by atoms with van der Waals surface area (Å²) in [5.41, 5.74) is 4.94. The summed E-state index contributed by atoms with van der Waals surface area (Å²) in [4.78, 5) is 23.3. The topological polar surface area (TPSA) is 105 Å². The van der Waals surface area contributed by atoms with E-state index in [4.69, 9.17) is 21.4 Å². The third-order valence-electron chi connectivity index (χ3n) is 3.04. The first kappa shape index (κ1) is 17.7. The second kappa shape index (κ2) is 8.85. The predicted molar refractivity (Wildman–Crippen MR) is 89.6 cm³/mol. The molecule has 0 aromatic carbocycles. The van der Waals surface area contributed by atoms with Gasteiger partial charge < -0.3 is 19.8 Å². The number of nitrogens with one attached hydrogen (secondary N) is 4. The van der Waals surface area contributed by atoms with Crippen LogP contribution in [0.3, 0.4) is 0 Å². The van der Waals surface area contributed by atoms with Gasteiger partial charge in [0.15, 0.2) is 15.5 Å². The summed E-state index contributed by atoms with van der Waals surface area (Å²) in [5, 5.41) is 5.66. The fraction of sp³-hybridized carbons (Fsp3) is 0.462. The minimum atomic E-state index is -0.482. The molecule has 0 radical (unpaired) electrons. The maximum absolute atomic E-state index is 11.7. The highest BCUT2D eigenvalue weighted by Gasteiger charge is 2.15. The molecule has 0 aliphatic carbocycles. The highest BCUT2D eigenvalue weighted by atomic mass is 79.9. The zero-order chi connectivity index (χ0) is 16.7. The molecule has 1 aromatic rings. The molecule has 1 fully saturated rings. The molecule has 8 nitrogen and oxygen atoms in total. The van der Waals surface area contributed by atoms with E-state index in [1.54, 1.807) is 6.07 Å². The highest BCUT2D eigenvalue weighted by molar-refractivity contribution is 9.10. The van der Waals surface area contributed by atoms with Crippen LogP contribution in [0.4, 0.5) is 0 Å². The van der Waals surface area contributed by atoms with Gasteiger partial charge in [-0.2, -0.15) is 0 Å². The van der Waals surface area contributed by atoms with Gasteiger partial charge in [-0.3, -0.25) is 20.4 Å². The number of hydrazine groups is 1. The number of carbonyl (C=O) groups excluding carboxylic acids is 2. The van der Waals surface area contributed by atoms with E-state index in [1.807, 2.05) is 0 Å². The number of ether oxygens (including phenoxy) is 1. The molecule has 10 heteroatoms. The fourth-order valence-electron chi connectivity index (χ4n) is 1.91. The molecule has 0 unspecified atom stereocenters. The molecule has 1 atom stereocenters. The molecule has 0 bridgehead atoms. The lowest BCUT2D eigenvalue weighted by atomic mass is 10.2. The quantitative estimate of drug-likeness (QED) is 0.417. The summed E-state index contributed by atoms with van der Waals surface area (Å²) < 4.78 is 11.0. The molecule has 1 aliphatic heterocycles. The number of hydrogen-bond acceptors (Lipinski definition) is 5. The smallest absolute Gasteiger partial charge is 0.287 e. The van der Waals surface area contributed by atoms with Gasteiger partial charge in [-0.25, -0.2) is 0 Å². The van der Waals surface area contributed by atoms with Gasteiger partial charge in [-0.1, -0.05) is 0 Å². The van der Waals surface area contributed by atoms with E-state index in [0.717, 1.165) is 19.4 Å². The van der Waals surface area contributed by atoms with Crippen molar-refractivity contribution in [2.45, 2.75) is 18.9 Å². The van der Waals surface area contributed by atoms with Gasteiger partial charge in [0.1, 0.15) is 0 Å². The van der Waals surface area contributed by atoms with Gasteiger partial charge in [-0.15, -0.1) is 0 Å². The van der Waals surface area contributed by atoms with Crippen LogP contribution in [0.15, 0.2) is 21.2 Å². The summed E-state index contributed by atoms with van der Waals surface area (Å²) in [6, 6.07) is 3.09. The Balaban J connectivity index is 1.58. The van der Waals surface area contributed by atoms with Crippen LogP contribution < -0.4 is 21.5 Å². The molecule has 2 heterocycles. The molecule has 1 aliphatic rings. The Morgan fingerprint density at radius 3 is 2.78 bits per heavy atom. The van der Waals surface area contributed by atoms with Crippen molar-refractivity contribution in [2.24, 2.45) is 0 Å². The van der Waals surface area contributed by atoms with E-state index in [2.05, 4.69) is 37.4 Å². The number of furan rings is 1. The van der Waals surface area contributed by atoms with Crippen molar-refractivity contribution < 1.29 is 18.7 Å². The van der Waals surface area contributed by atoms with Gasteiger partial charge in [0.2, 0.25) is 0 Å². The normalized spacial score (nSPS) is 16.7. The summed E-state index contributed by atoms with van der Waals surface area (Å²) in [6.45, 7) is 1.15. The number of halogens is 1. The first-order chi connectivity index (χ1) is 11.0. The lowest BCUT2D eigenvalue weighted by molar-refractivity contribution is -0.120. The van der Waals surface area contributed by atoms with Gasteiger partial charge in [0, 0.05) is 13.2 Å². The lowest BCUT2D eigenvalue weighted by Gasteiger charge is -2.14. The van der Waals surface area contributed by atoms with Gasteiger partial charge in [0.05, 0.1) is 12.6 Å². The minimum Gasteiger partial charge on any atom is -0.444 e. The van der Waals surface area contributed by atoms with Crippen LogP contribution in [-0.4, -0.2) is 42.7 Å². The monoisotopic (exact) mass is 404 g/mol. The average Bonchev–Trinajstić information content (AvgIpc) is 3.19. The van der Waals surface area contributed by atoms with Crippen molar-refractivity contribution >= 4 is 45.1 Å². The van der Waals surface area contributed by atoms with Crippen LogP contribution in [0.25, 0.3) is 0 Å². The molecule has 23 heavy (non-hydrogen) atoms. The summed E-state index contributed by atoms with van der Waals surface area (Å²) in [6.07, 6.45) is 2.20. The van der Waals surface area contributed by atoms with E-state index in [1.165, 1.54) is 6.07 Å². The molecule has 2 rings (SSSR count). The molecule has 4 N–H and O–H groups in total. The van der Waals surface area contributed by atoms with E-state index >= 15 is 0 Å². The van der Waals surface area contributed by atoms with E-state index < -0.39 is 11.8 Å². The van der Waals surface area contributed by atoms with Crippen LogP contribution in [0.2, 0.25) is 0 Å². The Morgan fingerprint density at radius 2 is 2.13 bits per heavy atom. The van der Waals surface area contributed by atoms with Crippen LogP contribution >= 0.6 is 28.1 Å². The maximum atomic E-state index is 11.7. The minimum absolute atomic E-state index is 0.117. The number of rotatable bonds is 5. The Labute approximate surface area is 146 Å². The van der Waals surface area contributed by atoms with Gasteiger partial charge >= 0.3 is 0 Å². The lowest BCUT2D eigenvalue weighted by Crippen LogP contribution is -2.50. The Morgan fingerprint density at radius 1 is 1.30 bits per heavy atom. The number of carbonyl (C=O) groups is 2. The van der Waals surface area contributed by atoms with Crippen molar-refractivity contribution in [1.29, 1.82) is 0 Å². The van der Waals surface area contributed by atoms with Crippen LogP contribution in [-0.2, 0) is 9.53 Å². The Bertz CT molecular complexity index is 574. The van der Waals surface area contributed by atoms with E-state index in [0.29, 0.717) is 11.2 Å². The summed E-state index contributed by atoms with van der Waals surface area (Å²) >= 11 is 8.12. The third-order valence-corrected chi connectivity index (χ3v) is 3.71. The number of amides is 2. The second-order valence-corrected chi connectivity index (χ2v) is 5.99. The van der Waals surface area contributed by atoms with Crippen molar-refractivity contribution in [3.8, 4) is 0 Å². The van der Waals surface area contributed by atoms with Gasteiger partial charge in [-0.05, 0) is 53.1 Å². The zero-order valence-corrected chi connectivity index (χ0v) is 14.6. The van der Waals surface area contributed by atoms with Gasteiger partial charge in [0.25, 0.3) is 11.8 Å². The molecule has 1 aromatic heterocycles. The first-order valence-electron chi connectivity index (χ1n) is 7.02. The number of hydrogen-bond donors (Lipinski definition) is 4. The van der Waals surface area contributed by atoms with E-state index in [-0.39, 0.29) is 23.5 Å². The molecule has 2 amide bonds. The zero-order valence-electron chi connectivity index (χ0n) is 12.2. The molecule has 126 valence electrons. The number of thiocarbonyl (C=S) groups is 1. The summed E-state index contributed by atoms with van der Waals surface area (Å²) in [5.74, 6) is -0.804. The predicted octanol–water partition coefficient (Wildman–Crippen LogP) is 0.446. The van der Waals surface area contributed by atoms with Crippen molar-refractivity contribution in [2.75, 3.05) is 19.7 Å². The molecule has 1 saturated heterocycles. The van der Waals surface area contributed by atoms with Crippen LogP contribution in [0.5, 0.6) is 0 Å². The second-order valence-electron chi connectivity index (χ2n) is 4.80. The average molecular weight is 405 g/mol. The molecular formula is C13H17BrN4O4S. The SMILES string of the molecule is O=C(CNC(=O)c1ccc(Br)o1)NNC(=S)NC[C@@H]1CCCO1.